The van der Waals surface area contributed by atoms with Crippen molar-refractivity contribution in [3.63, 3.8) is 0 Å². The summed E-state index contributed by atoms with van der Waals surface area (Å²) in [7, 11) is 0. The highest BCUT2D eigenvalue weighted by molar-refractivity contribution is 6.39. The second kappa shape index (κ2) is 8.62. The molecule has 0 saturated carbocycles. The van der Waals surface area contributed by atoms with E-state index in [0.717, 1.165) is 36.1 Å². The molecule has 1 fully saturated rings. The van der Waals surface area contributed by atoms with Crippen molar-refractivity contribution in [2.24, 2.45) is 0 Å². The quantitative estimate of drug-likeness (QED) is 0.498. The molecule has 0 aliphatic carbocycles. The third kappa shape index (κ3) is 4.50. The molecule has 2 heterocycles. The third-order valence-corrected chi connectivity index (χ3v) is 5.67. The second-order valence-electron chi connectivity index (χ2n) is 7.26. The van der Waals surface area contributed by atoms with Crippen molar-refractivity contribution in [3.8, 4) is 28.1 Å². The number of pyridine rings is 1. The van der Waals surface area contributed by atoms with Gasteiger partial charge in [-0.2, -0.15) is 0 Å². The molecular formula is C23H22Cl2N2O2. The number of ether oxygens (including phenoxy) is 1. The lowest BCUT2D eigenvalue weighted by atomic mass is 10.0. The molecule has 4 rings (SSSR count). The number of phenolic OH excluding ortho intramolecular Hbond substituents is 1. The molecule has 2 aromatic carbocycles. The standard InChI is InChI=1S/C23H22Cl2N2O2/c1-14-7-8-21(28)17(10-14)20-11-15(23-18(24)5-2-6-19(23)25)12-22(27-20)26-13-16-4-3-9-29-16/h2,5-8,10-12,16,28H,3-4,9,13H2,1H3,(H,26,27). The number of benzene rings is 2. The summed E-state index contributed by atoms with van der Waals surface area (Å²) in [6.45, 7) is 3.46. The van der Waals surface area contributed by atoms with Crippen molar-refractivity contribution in [1.29, 1.82) is 0 Å². The topological polar surface area (TPSA) is 54.4 Å². The van der Waals surface area contributed by atoms with Gasteiger partial charge in [0.15, 0.2) is 0 Å². The predicted octanol–water partition coefficient (Wildman–Crippen LogP) is 6.33. The number of aromatic nitrogens is 1. The van der Waals surface area contributed by atoms with E-state index in [1.54, 1.807) is 6.07 Å². The molecule has 1 atom stereocenters. The van der Waals surface area contributed by atoms with Gasteiger partial charge in [0.2, 0.25) is 0 Å². The number of phenols is 1. The van der Waals surface area contributed by atoms with Crippen molar-refractivity contribution in [2.45, 2.75) is 25.9 Å². The molecule has 29 heavy (non-hydrogen) atoms. The van der Waals surface area contributed by atoms with Crippen LogP contribution in [0.3, 0.4) is 0 Å². The van der Waals surface area contributed by atoms with Gasteiger partial charge in [-0.05, 0) is 61.7 Å². The summed E-state index contributed by atoms with van der Waals surface area (Å²) in [5.74, 6) is 0.862. The highest BCUT2D eigenvalue weighted by atomic mass is 35.5. The van der Waals surface area contributed by atoms with Crippen LogP contribution in [0, 0.1) is 6.92 Å². The van der Waals surface area contributed by atoms with Gasteiger partial charge < -0.3 is 15.2 Å². The molecule has 0 spiro atoms. The lowest BCUT2D eigenvalue weighted by Crippen LogP contribution is -2.19. The van der Waals surface area contributed by atoms with Crippen molar-refractivity contribution in [2.75, 3.05) is 18.5 Å². The number of hydrogen-bond donors (Lipinski definition) is 2. The highest BCUT2D eigenvalue weighted by Crippen LogP contribution is 2.38. The second-order valence-corrected chi connectivity index (χ2v) is 8.07. The van der Waals surface area contributed by atoms with Gasteiger partial charge in [-0.15, -0.1) is 0 Å². The molecule has 4 nitrogen and oxygen atoms in total. The first-order valence-corrected chi connectivity index (χ1v) is 10.4. The number of rotatable bonds is 5. The van der Waals surface area contributed by atoms with E-state index >= 15 is 0 Å². The Morgan fingerprint density at radius 3 is 2.66 bits per heavy atom. The van der Waals surface area contributed by atoms with Crippen LogP contribution in [0.5, 0.6) is 5.75 Å². The maximum absolute atomic E-state index is 10.4. The van der Waals surface area contributed by atoms with Gasteiger partial charge >= 0.3 is 0 Å². The lowest BCUT2D eigenvalue weighted by Gasteiger charge is -2.16. The van der Waals surface area contributed by atoms with Gasteiger partial charge in [0.05, 0.1) is 11.8 Å². The average molecular weight is 429 g/mol. The fourth-order valence-corrected chi connectivity index (χ4v) is 4.17. The average Bonchev–Trinajstić information content (AvgIpc) is 3.22. The minimum absolute atomic E-state index is 0.176. The maximum atomic E-state index is 10.4. The number of aromatic hydroxyl groups is 1. The summed E-state index contributed by atoms with van der Waals surface area (Å²) in [4.78, 5) is 4.74. The van der Waals surface area contributed by atoms with Gasteiger partial charge in [0.25, 0.3) is 0 Å². The molecule has 2 N–H and O–H groups in total. The zero-order chi connectivity index (χ0) is 20.4. The van der Waals surface area contributed by atoms with Crippen molar-refractivity contribution in [3.05, 3.63) is 64.1 Å². The van der Waals surface area contributed by atoms with Crippen molar-refractivity contribution < 1.29 is 9.84 Å². The fourth-order valence-electron chi connectivity index (χ4n) is 3.56. The first-order valence-electron chi connectivity index (χ1n) is 9.63. The third-order valence-electron chi connectivity index (χ3n) is 5.04. The molecule has 150 valence electrons. The molecule has 1 saturated heterocycles. The molecule has 1 aliphatic rings. The van der Waals surface area contributed by atoms with E-state index in [-0.39, 0.29) is 11.9 Å². The van der Waals surface area contributed by atoms with E-state index in [0.29, 0.717) is 33.7 Å². The predicted molar refractivity (Wildman–Crippen MR) is 119 cm³/mol. The van der Waals surface area contributed by atoms with E-state index in [2.05, 4.69) is 5.32 Å². The molecule has 1 aliphatic heterocycles. The Hall–Kier alpha value is -2.27. The number of aryl methyl sites for hydroxylation is 1. The van der Waals surface area contributed by atoms with Crippen LogP contribution in [0.1, 0.15) is 18.4 Å². The van der Waals surface area contributed by atoms with E-state index < -0.39 is 0 Å². The SMILES string of the molecule is Cc1ccc(O)c(-c2cc(-c3c(Cl)cccc3Cl)cc(NCC3CCCO3)n2)c1. The number of anilines is 1. The van der Waals surface area contributed by atoms with E-state index in [4.69, 9.17) is 32.9 Å². The molecule has 0 radical (unpaired) electrons. The van der Waals surface area contributed by atoms with Crippen LogP contribution < -0.4 is 5.32 Å². The van der Waals surface area contributed by atoms with Gasteiger partial charge in [0.1, 0.15) is 11.6 Å². The molecule has 1 unspecified atom stereocenters. The Kier molecular flexibility index (Phi) is 5.95. The Balaban J connectivity index is 1.79. The Morgan fingerprint density at radius 1 is 1.14 bits per heavy atom. The van der Waals surface area contributed by atoms with E-state index in [1.165, 1.54) is 0 Å². The Bertz CT molecular complexity index is 1010. The van der Waals surface area contributed by atoms with Crippen LogP contribution in [0.4, 0.5) is 5.82 Å². The van der Waals surface area contributed by atoms with Gasteiger partial charge in [-0.25, -0.2) is 4.98 Å². The normalized spacial score (nSPS) is 16.2. The van der Waals surface area contributed by atoms with Crippen molar-refractivity contribution >= 4 is 29.0 Å². The van der Waals surface area contributed by atoms with E-state index in [9.17, 15) is 5.11 Å². The molecule has 1 aromatic heterocycles. The van der Waals surface area contributed by atoms with Crippen LogP contribution in [0.2, 0.25) is 10.0 Å². The zero-order valence-electron chi connectivity index (χ0n) is 16.1. The molecule has 0 amide bonds. The summed E-state index contributed by atoms with van der Waals surface area (Å²) in [5, 5.41) is 14.9. The van der Waals surface area contributed by atoms with Crippen LogP contribution in [-0.2, 0) is 4.74 Å². The number of nitrogens with zero attached hydrogens (tertiary/aromatic N) is 1. The smallest absolute Gasteiger partial charge is 0.127 e. The first-order chi connectivity index (χ1) is 14.0. The van der Waals surface area contributed by atoms with Gasteiger partial charge in [-0.1, -0.05) is 40.9 Å². The zero-order valence-corrected chi connectivity index (χ0v) is 17.6. The molecule has 3 aromatic rings. The summed E-state index contributed by atoms with van der Waals surface area (Å²) < 4.78 is 5.71. The number of nitrogens with one attached hydrogen (secondary N) is 1. The summed E-state index contributed by atoms with van der Waals surface area (Å²) in [6.07, 6.45) is 2.30. The summed E-state index contributed by atoms with van der Waals surface area (Å²) >= 11 is 12.9. The minimum atomic E-state index is 0.176. The first kappa shape index (κ1) is 20.0. The summed E-state index contributed by atoms with van der Waals surface area (Å²) in [6, 6.07) is 14.7. The van der Waals surface area contributed by atoms with Crippen molar-refractivity contribution in [1.82, 2.24) is 4.98 Å². The molecule has 0 bridgehead atoms. The maximum Gasteiger partial charge on any atom is 0.127 e. The minimum Gasteiger partial charge on any atom is -0.507 e. The Morgan fingerprint density at radius 2 is 1.93 bits per heavy atom. The van der Waals surface area contributed by atoms with Gasteiger partial charge in [0, 0.05) is 34.3 Å². The lowest BCUT2D eigenvalue weighted by molar-refractivity contribution is 0.120. The van der Waals surface area contributed by atoms with Crippen LogP contribution in [-0.4, -0.2) is 29.3 Å². The molecule has 6 heteroatoms. The number of hydrogen-bond acceptors (Lipinski definition) is 4. The Labute approximate surface area is 180 Å². The fraction of sp³-hybridized carbons (Fsp3) is 0.261. The van der Waals surface area contributed by atoms with E-state index in [1.807, 2.05) is 49.4 Å². The summed E-state index contributed by atoms with van der Waals surface area (Å²) in [5.41, 5.74) is 3.92. The number of halogens is 2. The van der Waals surface area contributed by atoms with Crippen LogP contribution >= 0.6 is 23.2 Å². The molecular weight excluding hydrogens is 407 g/mol. The van der Waals surface area contributed by atoms with Gasteiger partial charge in [-0.3, -0.25) is 0 Å². The highest BCUT2D eigenvalue weighted by Gasteiger charge is 2.17. The monoisotopic (exact) mass is 428 g/mol. The largest absolute Gasteiger partial charge is 0.507 e. The van der Waals surface area contributed by atoms with Crippen LogP contribution in [0.25, 0.3) is 22.4 Å². The van der Waals surface area contributed by atoms with Crippen LogP contribution in [0.15, 0.2) is 48.5 Å².